The van der Waals surface area contributed by atoms with E-state index in [4.69, 9.17) is 0 Å². The monoisotopic (exact) mass is 968 g/mol. The van der Waals surface area contributed by atoms with E-state index in [1.54, 1.807) is 0 Å². The number of para-hydroxylation sites is 6. The predicted molar refractivity (Wildman–Crippen MR) is 320 cm³/mol. The lowest BCUT2D eigenvalue weighted by atomic mass is 9.44. The van der Waals surface area contributed by atoms with Gasteiger partial charge in [0.2, 0.25) is 0 Å². The van der Waals surface area contributed by atoms with Gasteiger partial charge in [0.1, 0.15) is 0 Å². The highest BCUT2D eigenvalue weighted by molar-refractivity contribution is 6.92. The van der Waals surface area contributed by atoms with Crippen molar-refractivity contribution in [1.29, 1.82) is 0 Å². The summed E-state index contributed by atoms with van der Waals surface area (Å²) in [6, 6.07) is 79.8. The Hall–Kier alpha value is -8.73. The molecule has 0 N–H and O–H groups in total. The molecule has 6 aliphatic rings. The van der Waals surface area contributed by atoms with Crippen LogP contribution in [0, 0.1) is 0 Å². The molecule has 0 radical (unpaired) electrons. The summed E-state index contributed by atoms with van der Waals surface area (Å²) in [4.78, 5) is 5.08. The van der Waals surface area contributed by atoms with Crippen LogP contribution in [0.15, 0.2) is 206 Å². The third-order valence-electron chi connectivity index (χ3n) is 18.6. The Kier molecular flexibility index (Phi) is 8.45. The van der Waals surface area contributed by atoms with Gasteiger partial charge in [-0.25, -0.2) is 0 Å². The number of aryl methyl sites for hydroxylation is 4. The van der Waals surface area contributed by atoms with Gasteiger partial charge in [0.15, 0.2) is 0 Å². The second kappa shape index (κ2) is 15.4. The van der Waals surface area contributed by atoms with Gasteiger partial charge in [-0.3, -0.25) is 0 Å². The van der Waals surface area contributed by atoms with E-state index in [1.165, 1.54) is 194 Å². The van der Waals surface area contributed by atoms with E-state index in [0.29, 0.717) is 0 Å². The van der Waals surface area contributed by atoms with Crippen molar-refractivity contribution in [3.8, 4) is 44.5 Å². The van der Waals surface area contributed by atoms with Crippen molar-refractivity contribution in [1.82, 2.24) is 8.96 Å². The topological polar surface area (TPSA) is 16.3 Å². The van der Waals surface area contributed by atoms with Crippen molar-refractivity contribution in [3.63, 3.8) is 0 Å². The van der Waals surface area contributed by atoms with Crippen molar-refractivity contribution in [2.24, 2.45) is 0 Å². The maximum atomic E-state index is 2.82. The normalized spacial score (nSPS) is 15.1. The van der Waals surface area contributed by atoms with Gasteiger partial charge in [0, 0.05) is 67.1 Å². The van der Waals surface area contributed by atoms with Gasteiger partial charge >= 0.3 is 13.7 Å². The first-order chi connectivity index (χ1) is 37.8. The zero-order valence-electron chi connectivity index (χ0n) is 42.2. The number of rotatable bonds is 4. The second-order valence-corrected chi connectivity index (χ2v) is 22.3. The molecule has 4 aliphatic heterocycles. The fourth-order valence-electron chi connectivity index (χ4n) is 15.6. The molecule has 76 heavy (non-hydrogen) atoms. The van der Waals surface area contributed by atoms with Crippen LogP contribution in [0.3, 0.4) is 0 Å². The van der Waals surface area contributed by atoms with Crippen LogP contribution >= 0.6 is 0 Å². The summed E-state index contributed by atoms with van der Waals surface area (Å²) in [5, 5.41) is 2.62. The molecule has 0 spiro atoms. The van der Waals surface area contributed by atoms with Crippen molar-refractivity contribution >= 4 is 103 Å². The maximum Gasteiger partial charge on any atom is 0.333 e. The summed E-state index contributed by atoms with van der Waals surface area (Å²) >= 11 is 0. The lowest BCUT2D eigenvalue weighted by molar-refractivity contribution is 0.686. The molecule has 2 aromatic heterocycles. The molecule has 2 aliphatic carbocycles. The smallest absolute Gasteiger partial charge is 0.333 e. The van der Waals surface area contributed by atoms with Crippen LogP contribution in [0.1, 0.15) is 47.9 Å². The Bertz CT molecular complexity index is 4220. The maximum absolute atomic E-state index is 2.82. The largest absolute Gasteiger partial charge is 0.374 e. The van der Waals surface area contributed by atoms with Crippen molar-refractivity contribution in [3.05, 3.63) is 229 Å². The van der Waals surface area contributed by atoms with E-state index in [9.17, 15) is 0 Å². The van der Waals surface area contributed by atoms with Crippen molar-refractivity contribution in [2.45, 2.75) is 51.4 Å². The van der Waals surface area contributed by atoms with Gasteiger partial charge in [-0.05, 0) is 177 Å². The molecule has 4 nitrogen and oxygen atoms in total. The molecule has 356 valence electrons. The van der Waals surface area contributed by atoms with E-state index >= 15 is 0 Å². The molecule has 0 atom stereocenters. The van der Waals surface area contributed by atoms with Gasteiger partial charge in [0.05, 0.1) is 11.0 Å². The molecule has 6 heteroatoms. The first-order valence-corrected chi connectivity index (χ1v) is 27.8. The van der Waals surface area contributed by atoms with Gasteiger partial charge < -0.3 is 18.8 Å². The minimum atomic E-state index is -0.0895. The van der Waals surface area contributed by atoms with E-state index < -0.39 is 0 Å². The molecule has 10 aromatic carbocycles. The minimum absolute atomic E-state index is 0.0895. The Morgan fingerprint density at radius 3 is 1.18 bits per heavy atom. The summed E-state index contributed by atoms with van der Waals surface area (Å²) in [7, 11) is 0. The fraction of sp³-hybridized carbons (Fsp3) is 0.114. The molecule has 0 saturated heterocycles. The molecule has 18 rings (SSSR count). The first kappa shape index (κ1) is 41.6. The highest BCUT2D eigenvalue weighted by Crippen LogP contribution is 2.53. The fourth-order valence-corrected chi connectivity index (χ4v) is 15.6. The van der Waals surface area contributed by atoms with Gasteiger partial charge in [-0.1, -0.05) is 158 Å². The summed E-state index contributed by atoms with van der Waals surface area (Å²) < 4.78 is 5.64. The number of benzene rings is 10. The SMILES string of the molecule is c1ccc(N2c3ccccc3B3c4c2ccc(-c2ccc5c(c2)CCCC5)c4-c2cccc4c2n3c2c3cccc5c3n(c42)B2c3ccccc3N(c3ccccc3)c3ccc(-c4ccc6c(c4)CCCC6)c-5c32)cc1. The van der Waals surface area contributed by atoms with Crippen LogP contribution in [0.25, 0.3) is 77.3 Å². The zero-order chi connectivity index (χ0) is 49.3. The molecule has 6 heterocycles. The van der Waals surface area contributed by atoms with Crippen LogP contribution in [0.5, 0.6) is 0 Å². The van der Waals surface area contributed by atoms with Gasteiger partial charge in [-0.15, -0.1) is 0 Å². The zero-order valence-corrected chi connectivity index (χ0v) is 42.2. The van der Waals surface area contributed by atoms with E-state index in [2.05, 4.69) is 225 Å². The summed E-state index contributed by atoms with van der Waals surface area (Å²) in [6.07, 6.45) is 9.71. The molecule has 0 unspecified atom stereocenters. The van der Waals surface area contributed by atoms with E-state index in [0.717, 1.165) is 12.8 Å². The Balaban J connectivity index is 0.987. The molecule has 12 aromatic rings. The number of hydrogen-bond acceptors (Lipinski definition) is 2. The Labute approximate surface area is 443 Å². The summed E-state index contributed by atoms with van der Waals surface area (Å²) in [6.45, 7) is -0.179. The average Bonchev–Trinajstić information content (AvgIpc) is 4.05. The molecular weight excluding hydrogens is 918 g/mol. The van der Waals surface area contributed by atoms with Gasteiger partial charge in [0.25, 0.3) is 0 Å². The molecule has 0 saturated carbocycles. The Morgan fingerprint density at radius 2 is 0.724 bits per heavy atom. The molecule has 0 bridgehead atoms. The number of nitrogens with zero attached hydrogens (tertiary/aromatic N) is 4. The summed E-state index contributed by atoms with van der Waals surface area (Å²) in [5.74, 6) is 0. The predicted octanol–water partition coefficient (Wildman–Crippen LogP) is 14.7. The quantitative estimate of drug-likeness (QED) is 0.163. The van der Waals surface area contributed by atoms with Gasteiger partial charge in [-0.2, -0.15) is 0 Å². The van der Waals surface area contributed by atoms with Crippen molar-refractivity contribution in [2.75, 3.05) is 9.80 Å². The lowest BCUT2D eigenvalue weighted by Gasteiger charge is -2.41. The lowest BCUT2D eigenvalue weighted by Crippen LogP contribution is -2.56. The van der Waals surface area contributed by atoms with Crippen LogP contribution in [0.2, 0.25) is 0 Å². The van der Waals surface area contributed by atoms with E-state index in [1.807, 2.05) is 0 Å². The van der Waals surface area contributed by atoms with Crippen molar-refractivity contribution < 1.29 is 0 Å². The second-order valence-electron chi connectivity index (χ2n) is 22.3. The number of fused-ring (bicyclic) bond motifs is 15. The van der Waals surface area contributed by atoms with Crippen LogP contribution in [0.4, 0.5) is 34.1 Å². The van der Waals surface area contributed by atoms with Crippen LogP contribution < -0.4 is 31.7 Å². The standard InChI is InChI=1S/C70H50B2N4/c1-3-21-49(22-4-1)73-59-31-13-11-29-57(59)71-65-61(73)39-37-51(47-35-33-43-17-7-9-19-45(43)41-47)63(65)53-25-15-27-55-67(53)75(71)69-56-28-16-26-54-64-52(48-36-34-44-18-8-10-20-46(44)42-48)38-40-62-66(64)72(76(68(54)56)70(55)69)58-30-12-14-32-60(58)74(62)50-23-5-2-6-24-50/h1-6,11-16,21-42H,7-10,17-20H2. The number of aromatic nitrogens is 2. The molecule has 0 fully saturated rings. The molecular formula is C70H50B2N4. The first-order valence-electron chi connectivity index (χ1n) is 27.8. The highest BCUT2D eigenvalue weighted by Gasteiger charge is 2.48. The third-order valence-corrected chi connectivity index (χ3v) is 18.6. The molecule has 0 amide bonds. The highest BCUT2D eigenvalue weighted by atomic mass is 15.2. The minimum Gasteiger partial charge on any atom is -0.374 e. The average molecular weight is 969 g/mol. The third kappa shape index (κ3) is 5.41. The number of anilines is 6. The number of hydrogen-bond donors (Lipinski definition) is 0. The summed E-state index contributed by atoms with van der Waals surface area (Å²) in [5.41, 5.74) is 34.7. The van der Waals surface area contributed by atoms with E-state index in [-0.39, 0.29) is 13.7 Å². The Morgan fingerprint density at radius 1 is 0.303 bits per heavy atom. The van der Waals surface area contributed by atoms with Crippen LogP contribution in [-0.4, -0.2) is 22.7 Å². The van der Waals surface area contributed by atoms with Crippen LogP contribution in [-0.2, 0) is 25.7 Å².